The van der Waals surface area contributed by atoms with Crippen molar-refractivity contribution in [3.63, 3.8) is 0 Å². The lowest BCUT2D eigenvalue weighted by molar-refractivity contribution is -0.379. The van der Waals surface area contributed by atoms with Crippen LogP contribution >= 0.6 is 0 Å². The van der Waals surface area contributed by atoms with E-state index >= 15 is 0 Å². The van der Waals surface area contributed by atoms with Gasteiger partial charge in [-0.3, -0.25) is 0 Å². The summed E-state index contributed by atoms with van der Waals surface area (Å²) in [4.78, 5) is 0. The van der Waals surface area contributed by atoms with Crippen molar-refractivity contribution in [1.82, 2.24) is 0 Å². The Kier molecular flexibility index (Phi) is 3.94. The summed E-state index contributed by atoms with van der Waals surface area (Å²) in [6, 6.07) is 0. The van der Waals surface area contributed by atoms with Crippen molar-refractivity contribution in [1.29, 1.82) is 0 Å². The highest BCUT2D eigenvalue weighted by molar-refractivity contribution is 5.00. The molecule has 0 heterocycles. The van der Waals surface area contributed by atoms with Gasteiger partial charge in [0, 0.05) is 6.42 Å². The van der Waals surface area contributed by atoms with Crippen LogP contribution in [0.5, 0.6) is 0 Å². The summed E-state index contributed by atoms with van der Waals surface area (Å²) in [5, 5.41) is 18.8. The Morgan fingerprint density at radius 2 is 1.22 bits per heavy atom. The van der Waals surface area contributed by atoms with E-state index in [4.69, 9.17) is 5.11 Å². The molecule has 18 heavy (non-hydrogen) atoms. The van der Waals surface area contributed by atoms with Gasteiger partial charge in [0.25, 0.3) is 5.60 Å². The van der Waals surface area contributed by atoms with Crippen LogP contribution in [0.4, 0.5) is 26.3 Å². The lowest BCUT2D eigenvalue weighted by Crippen LogP contribution is -2.60. The normalized spacial score (nSPS) is 22.0. The Balaban J connectivity index is 2.99. The van der Waals surface area contributed by atoms with E-state index in [1.807, 2.05) is 0 Å². The van der Waals surface area contributed by atoms with Gasteiger partial charge in [0.05, 0.1) is 5.60 Å². The fourth-order valence-corrected chi connectivity index (χ4v) is 2.22. The van der Waals surface area contributed by atoms with Crippen molar-refractivity contribution >= 4 is 0 Å². The second-order valence-electron chi connectivity index (χ2n) is 4.82. The molecular formula is C10H14F6O2. The van der Waals surface area contributed by atoms with Crippen molar-refractivity contribution in [2.45, 2.75) is 62.1 Å². The number of halogens is 6. The van der Waals surface area contributed by atoms with Gasteiger partial charge < -0.3 is 10.2 Å². The van der Waals surface area contributed by atoms with Crippen LogP contribution in [0, 0.1) is 0 Å². The van der Waals surface area contributed by atoms with Crippen LogP contribution in [0.15, 0.2) is 0 Å². The zero-order chi connectivity index (χ0) is 14.2. The minimum atomic E-state index is -5.86. The van der Waals surface area contributed by atoms with Crippen LogP contribution in [-0.4, -0.2) is 33.8 Å². The summed E-state index contributed by atoms with van der Waals surface area (Å²) in [6.07, 6.45) is -12.5. The molecule has 0 unspecified atom stereocenters. The Morgan fingerprint density at radius 1 is 0.833 bits per heavy atom. The molecule has 1 aliphatic rings. The number of aliphatic hydroxyl groups is 2. The van der Waals surface area contributed by atoms with E-state index in [1.54, 1.807) is 0 Å². The Labute approximate surface area is 99.6 Å². The van der Waals surface area contributed by atoms with Crippen LogP contribution in [0.3, 0.4) is 0 Å². The van der Waals surface area contributed by atoms with Crippen LogP contribution in [-0.2, 0) is 0 Å². The van der Waals surface area contributed by atoms with Gasteiger partial charge >= 0.3 is 12.4 Å². The van der Waals surface area contributed by atoms with Gasteiger partial charge in [0.2, 0.25) is 0 Å². The molecule has 0 aromatic rings. The predicted molar refractivity (Wildman–Crippen MR) is 49.7 cm³/mol. The average Bonchev–Trinajstić information content (AvgIpc) is 2.14. The fourth-order valence-electron chi connectivity index (χ4n) is 2.22. The summed E-state index contributed by atoms with van der Waals surface area (Å²) < 4.78 is 74.7. The van der Waals surface area contributed by atoms with Gasteiger partial charge in [-0.05, 0) is 12.8 Å². The van der Waals surface area contributed by atoms with Crippen molar-refractivity contribution in [3.8, 4) is 0 Å². The number of hydrogen-bond donors (Lipinski definition) is 2. The maximum Gasteiger partial charge on any atom is 0.426 e. The molecule has 1 fully saturated rings. The first kappa shape index (κ1) is 15.6. The minimum Gasteiger partial charge on any atom is -0.390 e. The zero-order valence-corrected chi connectivity index (χ0v) is 9.40. The monoisotopic (exact) mass is 280 g/mol. The molecule has 1 aliphatic carbocycles. The summed E-state index contributed by atoms with van der Waals surface area (Å²) in [5.41, 5.74) is -6.97. The third-order valence-electron chi connectivity index (χ3n) is 3.31. The first-order valence-corrected chi connectivity index (χ1v) is 5.50. The van der Waals surface area contributed by atoms with Gasteiger partial charge in [-0.1, -0.05) is 19.3 Å². The molecule has 2 nitrogen and oxygen atoms in total. The molecule has 0 atom stereocenters. The Bertz CT molecular complexity index is 276. The average molecular weight is 280 g/mol. The molecule has 0 spiro atoms. The van der Waals surface area contributed by atoms with E-state index in [0.29, 0.717) is 19.3 Å². The van der Waals surface area contributed by atoms with Gasteiger partial charge in [0.1, 0.15) is 0 Å². The largest absolute Gasteiger partial charge is 0.426 e. The lowest BCUT2D eigenvalue weighted by Gasteiger charge is -2.40. The van der Waals surface area contributed by atoms with E-state index in [2.05, 4.69) is 0 Å². The van der Waals surface area contributed by atoms with E-state index in [-0.39, 0.29) is 12.8 Å². The molecule has 0 amide bonds. The Hall–Kier alpha value is -0.500. The van der Waals surface area contributed by atoms with Crippen LogP contribution in [0.25, 0.3) is 0 Å². The number of alkyl halides is 6. The fraction of sp³-hybridized carbons (Fsp3) is 1.00. The molecule has 0 aliphatic heterocycles. The van der Waals surface area contributed by atoms with Crippen molar-refractivity contribution < 1.29 is 36.6 Å². The van der Waals surface area contributed by atoms with Gasteiger partial charge in [-0.2, -0.15) is 26.3 Å². The van der Waals surface area contributed by atoms with Crippen molar-refractivity contribution in [3.05, 3.63) is 0 Å². The van der Waals surface area contributed by atoms with Crippen molar-refractivity contribution in [2.24, 2.45) is 0 Å². The summed E-state index contributed by atoms with van der Waals surface area (Å²) in [5.74, 6) is 0. The quantitative estimate of drug-likeness (QED) is 0.763. The standard InChI is InChI=1S/C10H14F6O2/c11-9(12,13)8(18,10(14,15)16)6-7(17)4-2-1-3-5-7/h17-18H,1-6H2. The van der Waals surface area contributed by atoms with Gasteiger partial charge in [-0.15, -0.1) is 0 Å². The SMILES string of the molecule is OC1(CC(O)(C(F)(F)F)C(F)(F)F)CCCCC1. The second-order valence-corrected chi connectivity index (χ2v) is 4.82. The predicted octanol–water partition coefficient (Wildman–Crippen LogP) is 2.93. The Morgan fingerprint density at radius 3 is 1.56 bits per heavy atom. The van der Waals surface area contributed by atoms with Gasteiger partial charge in [0.15, 0.2) is 0 Å². The van der Waals surface area contributed by atoms with E-state index < -0.39 is 30.0 Å². The summed E-state index contributed by atoms with van der Waals surface area (Å²) >= 11 is 0. The van der Waals surface area contributed by atoms with Crippen LogP contribution in [0.2, 0.25) is 0 Å². The summed E-state index contributed by atoms with van der Waals surface area (Å²) in [7, 11) is 0. The van der Waals surface area contributed by atoms with Crippen molar-refractivity contribution in [2.75, 3.05) is 0 Å². The van der Waals surface area contributed by atoms with E-state index in [0.717, 1.165) is 0 Å². The molecule has 1 saturated carbocycles. The number of rotatable bonds is 2. The lowest BCUT2D eigenvalue weighted by atomic mass is 9.76. The molecule has 0 aromatic heterocycles. The van der Waals surface area contributed by atoms with Crippen LogP contribution in [0.1, 0.15) is 38.5 Å². The smallest absolute Gasteiger partial charge is 0.390 e. The zero-order valence-electron chi connectivity index (χ0n) is 9.40. The van der Waals surface area contributed by atoms with Gasteiger partial charge in [-0.25, -0.2) is 0 Å². The summed E-state index contributed by atoms with van der Waals surface area (Å²) in [6.45, 7) is 0. The molecule has 2 N–H and O–H groups in total. The highest BCUT2D eigenvalue weighted by Gasteiger charge is 2.71. The van der Waals surface area contributed by atoms with E-state index in [1.165, 1.54) is 0 Å². The third-order valence-corrected chi connectivity index (χ3v) is 3.31. The third kappa shape index (κ3) is 2.90. The molecule has 108 valence electrons. The topological polar surface area (TPSA) is 40.5 Å². The highest BCUT2D eigenvalue weighted by atomic mass is 19.4. The molecule has 0 saturated heterocycles. The maximum atomic E-state index is 12.4. The minimum absolute atomic E-state index is 0.165. The van der Waals surface area contributed by atoms with Crippen LogP contribution < -0.4 is 0 Å². The number of hydrogen-bond acceptors (Lipinski definition) is 2. The molecule has 0 radical (unpaired) electrons. The maximum absolute atomic E-state index is 12.4. The molecule has 0 aromatic carbocycles. The highest BCUT2D eigenvalue weighted by Crippen LogP contribution is 2.49. The first-order chi connectivity index (χ1) is 7.91. The first-order valence-electron chi connectivity index (χ1n) is 5.50. The molecule has 8 heteroatoms. The van der Waals surface area contributed by atoms with E-state index in [9.17, 15) is 31.4 Å². The molecule has 0 bridgehead atoms. The second kappa shape index (κ2) is 4.56. The molecular weight excluding hydrogens is 266 g/mol. The molecule has 1 rings (SSSR count).